The first kappa shape index (κ1) is 38.8. The lowest BCUT2D eigenvalue weighted by molar-refractivity contribution is 0.752. The van der Waals surface area contributed by atoms with Crippen LogP contribution in [0.25, 0.3) is 44.5 Å². The molecule has 308 valence electrons. The number of nitrogens with zero attached hydrogens (tertiary/aromatic N) is 2. The summed E-state index contributed by atoms with van der Waals surface area (Å²) in [5.41, 5.74) is 24.6. The zero-order valence-corrected chi connectivity index (χ0v) is 36.7. The Balaban J connectivity index is 0.00000444. The van der Waals surface area contributed by atoms with Crippen LogP contribution in [0.15, 0.2) is 243 Å². The Kier molecular flexibility index (Phi) is 9.22. The molecule has 0 unspecified atom stereocenters. The molecule has 0 radical (unpaired) electrons. The lowest BCUT2D eigenvalue weighted by atomic mass is 9.64. The summed E-state index contributed by atoms with van der Waals surface area (Å²) in [6, 6.07) is 89.7. The summed E-state index contributed by atoms with van der Waals surface area (Å²) < 4.78 is 0. The molecule has 3 aliphatic rings. The van der Waals surface area contributed by atoms with E-state index in [9.17, 15) is 0 Å². The molecule has 0 saturated carbocycles. The minimum absolute atomic E-state index is 0. The lowest BCUT2D eigenvalue weighted by Gasteiger charge is -2.45. The van der Waals surface area contributed by atoms with E-state index in [1.54, 1.807) is 0 Å². The van der Waals surface area contributed by atoms with Crippen LogP contribution in [0.4, 0.5) is 34.1 Å². The minimum Gasteiger partial charge on any atom is -0.310 e. The molecule has 0 N–H and O–H groups in total. The van der Waals surface area contributed by atoms with E-state index < -0.39 is 5.41 Å². The molecule has 1 spiro atoms. The maximum Gasteiger partial charge on any atom is 0.0754 e. The van der Waals surface area contributed by atoms with E-state index in [0.717, 1.165) is 29.2 Å². The highest BCUT2D eigenvalue weighted by atomic mass is 32.1. The van der Waals surface area contributed by atoms with Crippen LogP contribution in [0.1, 0.15) is 33.4 Å². The number of para-hydroxylation sites is 3. The summed E-state index contributed by atoms with van der Waals surface area (Å²) in [4.78, 5) is 4.87. The molecule has 0 saturated heterocycles. The van der Waals surface area contributed by atoms with Gasteiger partial charge in [0.15, 0.2) is 0 Å². The van der Waals surface area contributed by atoms with E-state index >= 15 is 0 Å². The number of fused-ring (bicyclic) bond motifs is 12. The van der Waals surface area contributed by atoms with Gasteiger partial charge in [0.25, 0.3) is 0 Å². The summed E-state index contributed by atoms with van der Waals surface area (Å²) >= 11 is 0. The quantitative estimate of drug-likeness (QED) is 0.164. The molecule has 0 bridgehead atoms. The summed E-state index contributed by atoms with van der Waals surface area (Å²) in [6.07, 6.45) is 0.959. The average Bonchev–Trinajstić information content (AvgIpc) is 3.89. The van der Waals surface area contributed by atoms with Crippen molar-refractivity contribution in [3.8, 4) is 44.5 Å². The van der Waals surface area contributed by atoms with Crippen molar-refractivity contribution in [2.24, 2.45) is 0 Å². The van der Waals surface area contributed by atoms with E-state index in [-0.39, 0.29) is 13.5 Å². The van der Waals surface area contributed by atoms with Crippen LogP contribution in [0.2, 0.25) is 0 Å². The van der Waals surface area contributed by atoms with Crippen molar-refractivity contribution in [1.82, 2.24) is 0 Å². The summed E-state index contributed by atoms with van der Waals surface area (Å²) in [6.45, 7) is 0. The molecular formula is C62H44N2S. The molecule has 2 aliphatic carbocycles. The minimum atomic E-state index is -0.512. The number of hydrogen-bond acceptors (Lipinski definition) is 2. The number of anilines is 6. The van der Waals surface area contributed by atoms with Gasteiger partial charge in [-0.2, -0.15) is 13.5 Å². The molecule has 10 aromatic rings. The lowest BCUT2D eigenvalue weighted by Crippen LogP contribution is -2.36. The molecule has 3 heteroatoms. The smallest absolute Gasteiger partial charge is 0.0754 e. The fourth-order valence-corrected chi connectivity index (χ4v) is 11.2. The van der Waals surface area contributed by atoms with Crippen LogP contribution >= 0.6 is 13.5 Å². The zero-order chi connectivity index (χ0) is 42.2. The van der Waals surface area contributed by atoms with Crippen molar-refractivity contribution < 1.29 is 0 Å². The van der Waals surface area contributed by atoms with Gasteiger partial charge in [0.1, 0.15) is 0 Å². The van der Waals surface area contributed by atoms with Crippen molar-refractivity contribution in [2.45, 2.75) is 11.8 Å². The third-order valence-electron chi connectivity index (χ3n) is 13.9. The fraction of sp³-hybridized carbons (Fsp3) is 0.0323. The van der Waals surface area contributed by atoms with Gasteiger partial charge in [-0.15, -0.1) is 0 Å². The highest BCUT2D eigenvalue weighted by Crippen LogP contribution is 2.64. The van der Waals surface area contributed by atoms with Gasteiger partial charge in [-0.05, 0) is 145 Å². The third-order valence-corrected chi connectivity index (χ3v) is 13.9. The molecule has 1 heterocycles. The maximum atomic E-state index is 2.44. The molecule has 0 atom stereocenters. The van der Waals surface area contributed by atoms with Crippen LogP contribution in [0.5, 0.6) is 0 Å². The normalized spacial score (nSPS) is 13.1. The van der Waals surface area contributed by atoms with E-state index in [2.05, 4.69) is 252 Å². The SMILES string of the molecule is S.c1ccc(-c2ccc(N(c3ccc(-c4cccc5c4Cc4ccccc4-5)cc3)c3ccc4c(c3)-c3ccccc3C43c4ccccc4N(c4ccccc4)c4ccccc43)cc2)cc1. The largest absolute Gasteiger partial charge is 0.310 e. The van der Waals surface area contributed by atoms with E-state index in [4.69, 9.17) is 0 Å². The first-order chi connectivity index (χ1) is 31.8. The third kappa shape index (κ3) is 5.89. The van der Waals surface area contributed by atoms with Gasteiger partial charge in [0.05, 0.1) is 16.8 Å². The maximum absolute atomic E-state index is 2.44. The van der Waals surface area contributed by atoms with Crippen LogP contribution in [0.3, 0.4) is 0 Å². The molecular weight excluding hydrogens is 805 g/mol. The number of hydrogen-bond donors (Lipinski definition) is 0. The second-order valence-corrected chi connectivity index (χ2v) is 17.2. The highest BCUT2D eigenvalue weighted by molar-refractivity contribution is 7.59. The predicted molar refractivity (Wildman–Crippen MR) is 276 cm³/mol. The summed E-state index contributed by atoms with van der Waals surface area (Å²) in [5.74, 6) is 0. The Hall–Kier alpha value is -7.85. The van der Waals surface area contributed by atoms with Crippen LogP contribution in [0, 0.1) is 0 Å². The van der Waals surface area contributed by atoms with Gasteiger partial charge in [0.2, 0.25) is 0 Å². The Bertz CT molecular complexity index is 3360. The second-order valence-electron chi connectivity index (χ2n) is 17.2. The number of rotatable bonds is 6. The van der Waals surface area contributed by atoms with Crippen molar-refractivity contribution in [2.75, 3.05) is 9.80 Å². The molecule has 10 aromatic carbocycles. The van der Waals surface area contributed by atoms with Gasteiger partial charge >= 0.3 is 0 Å². The van der Waals surface area contributed by atoms with Crippen molar-refractivity contribution in [1.29, 1.82) is 0 Å². The van der Waals surface area contributed by atoms with Gasteiger partial charge < -0.3 is 9.80 Å². The monoisotopic (exact) mass is 848 g/mol. The Labute approximate surface area is 387 Å². The van der Waals surface area contributed by atoms with Crippen molar-refractivity contribution >= 4 is 47.6 Å². The van der Waals surface area contributed by atoms with Crippen LogP contribution in [-0.4, -0.2) is 0 Å². The first-order valence-corrected chi connectivity index (χ1v) is 22.3. The first-order valence-electron chi connectivity index (χ1n) is 22.3. The van der Waals surface area contributed by atoms with Gasteiger partial charge in [-0.1, -0.05) is 182 Å². The Morgan fingerprint density at radius 1 is 0.338 bits per heavy atom. The average molecular weight is 849 g/mol. The molecule has 0 aromatic heterocycles. The van der Waals surface area contributed by atoms with Crippen LogP contribution in [-0.2, 0) is 11.8 Å². The highest BCUT2D eigenvalue weighted by Gasteiger charge is 2.51. The summed E-state index contributed by atoms with van der Waals surface area (Å²) in [7, 11) is 0. The van der Waals surface area contributed by atoms with Crippen molar-refractivity contribution in [3.05, 3.63) is 276 Å². The molecule has 65 heavy (non-hydrogen) atoms. The van der Waals surface area contributed by atoms with Gasteiger partial charge in [0, 0.05) is 22.7 Å². The fourth-order valence-electron chi connectivity index (χ4n) is 11.2. The molecule has 2 nitrogen and oxygen atoms in total. The standard InChI is InChI=1S/C62H42N2.H2S/c1-3-16-42(17-4-1)43-30-34-47(35-31-43)63(48-36-32-44(33-37-48)50-23-15-24-52-51-21-8-7-18-45(51)40-54(50)52)49-38-39-57-55(41-49)53-22-9-10-25-56(53)62(57)58-26-11-13-28-60(58)64(46-19-5-2-6-20-46)61-29-14-12-27-59(61)62;/h1-39,41H,40H2;1H2. The van der Waals surface area contributed by atoms with Gasteiger partial charge in [-0.25, -0.2) is 0 Å². The van der Waals surface area contributed by atoms with E-state index in [1.807, 2.05) is 0 Å². The van der Waals surface area contributed by atoms with E-state index in [0.29, 0.717) is 0 Å². The van der Waals surface area contributed by atoms with Crippen molar-refractivity contribution in [3.63, 3.8) is 0 Å². The van der Waals surface area contributed by atoms with Gasteiger partial charge in [-0.3, -0.25) is 0 Å². The van der Waals surface area contributed by atoms with E-state index in [1.165, 1.54) is 89.3 Å². The second kappa shape index (κ2) is 15.4. The Morgan fingerprint density at radius 3 is 1.52 bits per heavy atom. The zero-order valence-electron chi connectivity index (χ0n) is 35.7. The Morgan fingerprint density at radius 2 is 0.831 bits per heavy atom. The molecule has 0 amide bonds. The molecule has 1 aliphatic heterocycles. The molecule has 0 fully saturated rings. The van der Waals surface area contributed by atoms with Crippen LogP contribution < -0.4 is 9.80 Å². The summed E-state index contributed by atoms with van der Waals surface area (Å²) in [5, 5.41) is 0. The molecule has 13 rings (SSSR count). The number of benzene rings is 10. The predicted octanol–water partition coefficient (Wildman–Crippen LogP) is 16.3. The topological polar surface area (TPSA) is 6.48 Å².